The van der Waals surface area contributed by atoms with Crippen LogP contribution in [0.2, 0.25) is 0 Å². The molecule has 1 atom stereocenters. The van der Waals surface area contributed by atoms with Gasteiger partial charge in [0, 0.05) is 5.56 Å². The Morgan fingerprint density at radius 3 is 2.22 bits per heavy atom. The van der Waals surface area contributed by atoms with Gasteiger partial charge in [0.2, 0.25) is 0 Å². The van der Waals surface area contributed by atoms with Crippen LogP contribution in [-0.4, -0.2) is 0 Å². The van der Waals surface area contributed by atoms with Crippen LogP contribution in [-0.2, 0) is 5.54 Å². The van der Waals surface area contributed by atoms with Gasteiger partial charge in [-0.3, -0.25) is 0 Å². The summed E-state index contributed by atoms with van der Waals surface area (Å²) in [5, 5.41) is 0. The van der Waals surface area contributed by atoms with Gasteiger partial charge >= 0.3 is 0 Å². The van der Waals surface area contributed by atoms with Crippen LogP contribution in [0.15, 0.2) is 42.5 Å². The van der Waals surface area contributed by atoms with Crippen molar-refractivity contribution >= 4 is 0 Å². The van der Waals surface area contributed by atoms with Gasteiger partial charge in [0.05, 0.1) is 5.54 Å². The molecule has 0 aromatic heterocycles. The first-order chi connectivity index (χ1) is 8.44. The van der Waals surface area contributed by atoms with Crippen LogP contribution in [0.1, 0.15) is 29.2 Å². The molecule has 0 aliphatic heterocycles. The number of halogens is 1. The molecule has 0 amide bonds. The molecule has 2 aromatic rings. The van der Waals surface area contributed by atoms with E-state index >= 15 is 0 Å². The SMILES string of the molecule is Cc1cccc(C(C)(N)c2ccccc2F)c1C. The monoisotopic (exact) mass is 243 g/mol. The number of rotatable bonds is 2. The van der Waals surface area contributed by atoms with Crippen LogP contribution in [0.4, 0.5) is 4.39 Å². The molecule has 0 aliphatic carbocycles. The molecule has 94 valence electrons. The van der Waals surface area contributed by atoms with Crippen LogP contribution in [0.3, 0.4) is 0 Å². The average Bonchev–Trinajstić information content (AvgIpc) is 2.32. The lowest BCUT2D eigenvalue weighted by atomic mass is 9.82. The van der Waals surface area contributed by atoms with Gasteiger partial charge in [-0.25, -0.2) is 4.39 Å². The molecule has 0 aliphatic rings. The molecule has 1 nitrogen and oxygen atoms in total. The lowest BCUT2D eigenvalue weighted by Gasteiger charge is -2.28. The van der Waals surface area contributed by atoms with E-state index in [4.69, 9.17) is 5.73 Å². The molecule has 18 heavy (non-hydrogen) atoms. The summed E-state index contributed by atoms with van der Waals surface area (Å²) < 4.78 is 13.9. The highest BCUT2D eigenvalue weighted by atomic mass is 19.1. The van der Waals surface area contributed by atoms with E-state index in [1.165, 1.54) is 11.6 Å². The van der Waals surface area contributed by atoms with Crippen molar-refractivity contribution in [2.24, 2.45) is 5.73 Å². The van der Waals surface area contributed by atoms with Crippen molar-refractivity contribution in [3.63, 3.8) is 0 Å². The van der Waals surface area contributed by atoms with Crippen molar-refractivity contribution in [2.75, 3.05) is 0 Å². The molecule has 0 bridgehead atoms. The van der Waals surface area contributed by atoms with Gasteiger partial charge in [-0.1, -0.05) is 36.4 Å². The average molecular weight is 243 g/mol. The van der Waals surface area contributed by atoms with Gasteiger partial charge in [-0.15, -0.1) is 0 Å². The second-order valence-electron chi connectivity index (χ2n) is 4.93. The summed E-state index contributed by atoms with van der Waals surface area (Å²) in [6.45, 7) is 5.92. The number of hydrogen-bond acceptors (Lipinski definition) is 1. The largest absolute Gasteiger partial charge is 0.318 e. The highest BCUT2D eigenvalue weighted by Crippen LogP contribution is 2.31. The smallest absolute Gasteiger partial charge is 0.128 e. The Morgan fingerprint density at radius 2 is 1.56 bits per heavy atom. The fourth-order valence-electron chi connectivity index (χ4n) is 2.34. The third kappa shape index (κ3) is 2.04. The van der Waals surface area contributed by atoms with Gasteiger partial charge in [-0.2, -0.15) is 0 Å². The third-order valence-electron chi connectivity index (χ3n) is 3.60. The first-order valence-electron chi connectivity index (χ1n) is 6.05. The van der Waals surface area contributed by atoms with E-state index in [2.05, 4.69) is 0 Å². The van der Waals surface area contributed by atoms with Crippen molar-refractivity contribution in [1.29, 1.82) is 0 Å². The molecule has 0 saturated carbocycles. The minimum absolute atomic E-state index is 0.261. The molecule has 0 saturated heterocycles. The standard InChI is InChI=1S/C16H18FN/c1-11-7-6-9-13(12(11)2)16(3,18)14-8-4-5-10-15(14)17/h4-10H,18H2,1-3H3. The van der Waals surface area contributed by atoms with E-state index < -0.39 is 5.54 Å². The van der Waals surface area contributed by atoms with Crippen molar-refractivity contribution in [3.8, 4) is 0 Å². The molecule has 0 radical (unpaired) electrons. The lowest BCUT2D eigenvalue weighted by molar-refractivity contribution is 0.528. The van der Waals surface area contributed by atoms with Gasteiger partial charge in [0.1, 0.15) is 5.82 Å². The molecule has 2 heteroatoms. The van der Waals surface area contributed by atoms with Crippen LogP contribution in [0, 0.1) is 19.7 Å². The van der Waals surface area contributed by atoms with Crippen LogP contribution >= 0.6 is 0 Å². The van der Waals surface area contributed by atoms with E-state index in [0.29, 0.717) is 5.56 Å². The predicted molar refractivity (Wildman–Crippen MR) is 73.0 cm³/mol. The maximum absolute atomic E-state index is 13.9. The zero-order valence-corrected chi connectivity index (χ0v) is 11.0. The number of nitrogens with two attached hydrogens (primary N) is 1. The Balaban J connectivity index is 2.62. The normalized spacial score (nSPS) is 14.3. The summed E-state index contributed by atoms with van der Waals surface area (Å²) in [5.41, 5.74) is 9.35. The lowest BCUT2D eigenvalue weighted by Crippen LogP contribution is -2.36. The fourth-order valence-corrected chi connectivity index (χ4v) is 2.34. The number of hydrogen-bond donors (Lipinski definition) is 1. The van der Waals surface area contributed by atoms with E-state index in [0.717, 1.165) is 11.1 Å². The maximum Gasteiger partial charge on any atom is 0.128 e. The molecule has 2 aromatic carbocycles. The Labute approximate surface area is 107 Å². The van der Waals surface area contributed by atoms with Gasteiger partial charge in [0.15, 0.2) is 0 Å². The van der Waals surface area contributed by atoms with Crippen LogP contribution < -0.4 is 5.73 Å². The Bertz CT molecular complexity index is 573. The molecule has 0 spiro atoms. The number of benzene rings is 2. The summed E-state index contributed by atoms with van der Waals surface area (Å²) in [5.74, 6) is -0.261. The fraction of sp³-hybridized carbons (Fsp3) is 0.250. The third-order valence-corrected chi connectivity index (χ3v) is 3.60. The summed E-state index contributed by atoms with van der Waals surface area (Å²) >= 11 is 0. The highest BCUT2D eigenvalue weighted by Gasteiger charge is 2.28. The first-order valence-corrected chi connectivity index (χ1v) is 6.05. The summed E-state index contributed by atoms with van der Waals surface area (Å²) in [6.07, 6.45) is 0. The Hall–Kier alpha value is -1.67. The highest BCUT2D eigenvalue weighted by molar-refractivity contribution is 5.44. The van der Waals surface area contributed by atoms with Crippen molar-refractivity contribution in [1.82, 2.24) is 0 Å². The van der Waals surface area contributed by atoms with E-state index in [-0.39, 0.29) is 5.82 Å². The minimum Gasteiger partial charge on any atom is -0.318 e. The molecule has 2 N–H and O–H groups in total. The Kier molecular flexibility index (Phi) is 3.22. The van der Waals surface area contributed by atoms with Crippen molar-refractivity contribution < 1.29 is 4.39 Å². The predicted octanol–water partition coefficient (Wildman–Crippen LogP) is 3.66. The second-order valence-corrected chi connectivity index (χ2v) is 4.93. The van der Waals surface area contributed by atoms with Crippen LogP contribution in [0.25, 0.3) is 0 Å². The summed E-state index contributed by atoms with van der Waals surface area (Å²) in [7, 11) is 0. The zero-order valence-electron chi connectivity index (χ0n) is 11.0. The maximum atomic E-state index is 13.9. The summed E-state index contributed by atoms with van der Waals surface area (Å²) in [4.78, 5) is 0. The quantitative estimate of drug-likeness (QED) is 0.855. The minimum atomic E-state index is -0.818. The number of aryl methyl sites for hydroxylation is 1. The van der Waals surface area contributed by atoms with Crippen molar-refractivity contribution in [3.05, 3.63) is 70.5 Å². The molecule has 1 unspecified atom stereocenters. The van der Waals surface area contributed by atoms with E-state index in [9.17, 15) is 4.39 Å². The van der Waals surface area contributed by atoms with E-state index in [1.54, 1.807) is 12.1 Å². The van der Waals surface area contributed by atoms with Gasteiger partial charge in [0.25, 0.3) is 0 Å². The van der Waals surface area contributed by atoms with Crippen LogP contribution in [0.5, 0.6) is 0 Å². The first kappa shape index (κ1) is 12.8. The molecule has 0 heterocycles. The van der Waals surface area contributed by atoms with Gasteiger partial charge in [-0.05, 0) is 43.5 Å². The van der Waals surface area contributed by atoms with E-state index in [1.807, 2.05) is 45.0 Å². The summed E-state index contributed by atoms with van der Waals surface area (Å²) in [6, 6.07) is 12.7. The second kappa shape index (κ2) is 4.54. The molecular formula is C16H18FN. The van der Waals surface area contributed by atoms with Gasteiger partial charge < -0.3 is 5.73 Å². The Morgan fingerprint density at radius 1 is 0.944 bits per heavy atom. The van der Waals surface area contributed by atoms with Crippen molar-refractivity contribution in [2.45, 2.75) is 26.3 Å². The topological polar surface area (TPSA) is 26.0 Å². The molecule has 2 rings (SSSR count). The molecule has 0 fully saturated rings. The molecular weight excluding hydrogens is 225 g/mol. The zero-order chi connectivity index (χ0) is 13.3.